The monoisotopic (exact) mass is 169 g/mol. The van der Waals surface area contributed by atoms with Crippen LogP contribution in [-0.4, -0.2) is 55.2 Å². The second kappa shape index (κ2) is 3.35. The largest absolute Gasteiger partial charge is 0.320 e. The molecule has 2 nitrogen and oxygen atoms in total. The average Bonchev–Trinajstić information content (AvgIpc) is 2.18. The Morgan fingerprint density at radius 3 is 2.17 bits per heavy atom. The molecule has 0 radical (unpaired) electrons. The molecule has 0 aromatic heterocycles. The van der Waals surface area contributed by atoms with Crippen LogP contribution >= 0.6 is 0 Å². The lowest BCUT2D eigenvalue weighted by atomic mass is 10.1. The van der Waals surface area contributed by atoms with Gasteiger partial charge < -0.3 is 4.48 Å². The zero-order chi connectivity index (χ0) is 8.44. The van der Waals surface area contributed by atoms with Crippen LogP contribution in [0.25, 0.3) is 0 Å². The van der Waals surface area contributed by atoms with E-state index in [1.807, 2.05) is 0 Å². The van der Waals surface area contributed by atoms with Crippen LogP contribution in [0.4, 0.5) is 0 Å². The first-order chi connectivity index (χ1) is 5.85. The molecule has 70 valence electrons. The number of hydrogen-bond acceptors (Lipinski definition) is 1. The molecule has 0 N–H and O–H groups in total. The highest BCUT2D eigenvalue weighted by molar-refractivity contribution is 4.70. The van der Waals surface area contributed by atoms with E-state index in [0.29, 0.717) is 0 Å². The number of nitrogens with zero attached hydrogens (tertiary/aromatic N) is 2. The highest BCUT2D eigenvalue weighted by Crippen LogP contribution is 2.19. The fourth-order valence-electron chi connectivity index (χ4n) is 2.56. The van der Waals surface area contributed by atoms with Gasteiger partial charge in [-0.3, -0.25) is 4.90 Å². The van der Waals surface area contributed by atoms with Crippen LogP contribution in [-0.2, 0) is 0 Å². The van der Waals surface area contributed by atoms with E-state index < -0.39 is 0 Å². The molecule has 2 heteroatoms. The summed E-state index contributed by atoms with van der Waals surface area (Å²) in [6.07, 6.45) is 2.80. The highest BCUT2D eigenvalue weighted by atomic mass is 15.4. The van der Waals surface area contributed by atoms with Gasteiger partial charge in [-0.05, 0) is 6.42 Å². The Bertz CT molecular complexity index is 134. The fourth-order valence-corrected chi connectivity index (χ4v) is 2.56. The van der Waals surface area contributed by atoms with Crippen LogP contribution in [0.5, 0.6) is 0 Å². The van der Waals surface area contributed by atoms with Crippen molar-refractivity contribution in [2.45, 2.75) is 19.8 Å². The first-order valence-corrected chi connectivity index (χ1v) is 5.42. The second-order valence-corrected chi connectivity index (χ2v) is 4.43. The zero-order valence-corrected chi connectivity index (χ0v) is 8.26. The maximum absolute atomic E-state index is 2.62. The predicted octanol–water partition coefficient (Wildman–Crippen LogP) is 0.933. The van der Waals surface area contributed by atoms with Crippen molar-refractivity contribution >= 4 is 0 Å². The number of quaternary nitrogens is 1. The minimum absolute atomic E-state index is 1.36. The van der Waals surface area contributed by atoms with Crippen molar-refractivity contribution in [3.05, 3.63) is 0 Å². The van der Waals surface area contributed by atoms with Gasteiger partial charge in [0.15, 0.2) is 0 Å². The molecule has 0 aromatic rings. The van der Waals surface area contributed by atoms with Crippen LogP contribution in [0.2, 0.25) is 0 Å². The molecule has 12 heavy (non-hydrogen) atoms. The lowest BCUT2D eigenvalue weighted by Crippen LogP contribution is -2.67. The van der Waals surface area contributed by atoms with E-state index in [-0.39, 0.29) is 0 Å². The second-order valence-electron chi connectivity index (χ2n) is 4.43. The highest BCUT2D eigenvalue weighted by Gasteiger charge is 2.37. The lowest BCUT2D eigenvalue weighted by molar-refractivity contribution is -0.941. The van der Waals surface area contributed by atoms with E-state index in [2.05, 4.69) is 11.8 Å². The summed E-state index contributed by atoms with van der Waals surface area (Å²) in [5, 5.41) is 0. The van der Waals surface area contributed by atoms with Crippen molar-refractivity contribution in [2.75, 3.05) is 45.8 Å². The van der Waals surface area contributed by atoms with Gasteiger partial charge >= 0.3 is 0 Å². The first kappa shape index (κ1) is 8.52. The molecule has 0 aromatic carbocycles. The molecule has 0 spiro atoms. The lowest BCUT2D eigenvalue weighted by Gasteiger charge is -2.50. The van der Waals surface area contributed by atoms with Crippen molar-refractivity contribution in [2.24, 2.45) is 0 Å². The van der Waals surface area contributed by atoms with E-state index in [9.17, 15) is 0 Å². The summed E-state index contributed by atoms with van der Waals surface area (Å²) in [6.45, 7) is 12.1. The third-order valence-electron chi connectivity index (χ3n) is 3.66. The average molecular weight is 169 g/mol. The van der Waals surface area contributed by atoms with E-state index in [1.165, 1.54) is 63.1 Å². The molecule has 3 saturated heterocycles. The number of piperazine rings is 3. The standard InChI is InChI=1S/C10H21N2/c1-2-3-7-12-8-4-11(5-9-12)6-10-12/h2-10H2,1H3/q+1. The van der Waals surface area contributed by atoms with E-state index in [4.69, 9.17) is 0 Å². The number of rotatable bonds is 3. The van der Waals surface area contributed by atoms with E-state index >= 15 is 0 Å². The van der Waals surface area contributed by atoms with Crippen LogP contribution in [0, 0.1) is 0 Å². The molecule has 3 aliphatic rings. The Hall–Kier alpha value is -0.0800. The van der Waals surface area contributed by atoms with Crippen molar-refractivity contribution in [1.29, 1.82) is 0 Å². The van der Waals surface area contributed by atoms with Crippen molar-refractivity contribution in [3.63, 3.8) is 0 Å². The Morgan fingerprint density at radius 2 is 1.67 bits per heavy atom. The maximum Gasteiger partial charge on any atom is 0.0916 e. The molecule has 3 aliphatic heterocycles. The minimum atomic E-state index is 1.36. The summed E-state index contributed by atoms with van der Waals surface area (Å²) >= 11 is 0. The van der Waals surface area contributed by atoms with Gasteiger partial charge in [-0.15, -0.1) is 0 Å². The van der Waals surface area contributed by atoms with Gasteiger partial charge in [-0.2, -0.15) is 0 Å². The Kier molecular flexibility index (Phi) is 2.37. The summed E-state index contributed by atoms with van der Waals surface area (Å²) < 4.78 is 1.45. The van der Waals surface area contributed by atoms with Crippen molar-refractivity contribution in [1.82, 2.24) is 4.90 Å². The van der Waals surface area contributed by atoms with Crippen LogP contribution in [0.1, 0.15) is 19.8 Å². The quantitative estimate of drug-likeness (QED) is 0.568. The molecular weight excluding hydrogens is 148 g/mol. The fraction of sp³-hybridized carbons (Fsp3) is 1.00. The normalized spacial score (nSPS) is 40.2. The maximum atomic E-state index is 2.62. The van der Waals surface area contributed by atoms with Gasteiger partial charge in [0.2, 0.25) is 0 Å². The third-order valence-corrected chi connectivity index (χ3v) is 3.66. The summed E-state index contributed by atoms with van der Waals surface area (Å²) in [4.78, 5) is 2.62. The van der Waals surface area contributed by atoms with E-state index in [0.717, 1.165) is 0 Å². The van der Waals surface area contributed by atoms with Crippen LogP contribution in [0.15, 0.2) is 0 Å². The Morgan fingerprint density at radius 1 is 1.08 bits per heavy atom. The number of hydrogen-bond donors (Lipinski definition) is 0. The van der Waals surface area contributed by atoms with Crippen LogP contribution < -0.4 is 0 Å². The van der Waals surface area contributed by atoms with Gasteiger partial charge in [-0.25, -0.2) is 0 Å². The molecule has 3 fully saturated rings. The van der Waals surface area contributed by atoms with Gasteiger partial charge in [0.05, 0.1) is 26.2 Å². The Balaban J connectivity index is 1.90. The molecule has 0 atom stereocenters. The Labute approximate surface area is 75.7 Å². The van der Waals surface area contributed by atoms with E-state index in [1.54, 1.807) is 0 Å². The van der Waals surface area contributed by atoms with Gasteiger partial charge in [0, 0.05) is 19.6 Å². The van der Waals surface area contributed by atoms with Crippen LogP contribution in [0.3, 0.4) is 0 Å². The van der Waals surface area contributed by atoms with Crippen molar-refractivity contribution in [3.8, 4) is 0 Å². The molecular formula is C10H21N2+. The van der Waals surface area contributed by atoms with Gasteiger partial charge in [0.25, 0.3) is 0 Å². The molecule has 0 unspecified atom stereocenters. The summed E-state index contributed by atoms with van der Waals surface area (Å²) in [6, 6.07) is 0. The summed E-state index contributed by atoms with van der Waals surface area (Å²) in [7, 11) is 0. The third kappa shape index (κ3) is 1.50. The molecule has 3 rings (SSSR count). The minimum Gasteiger partial charge on any atom is -0.320 e. The topological polar surface area (TPSA) is 3.24 Å². The van der Waals surface area contributed by atoms with Gasteiger partial charge in [0.1, 0.15) is 0 Å². The first-order valence-electron chi connectivity index (χ1n) is 5.42. The number of fused-ring (bicyclic) bond motifs is 3. The predicted molar refractivity (Wildman–Crippen MR) is 51.1 cm³/mol. The molecule has 0 amide bonds. The number of unbranched alkanes of at least 4 members (excludes halogenated alkanes) is 1. The SMILES string of the molecule is CCCC[N+]12CCN(CC1)CC2. The summed E-state index contributed by atoms with van der Waals surface area (Å²) in [5.41, 5.74) is 0. The molecule has 2 bridgehead atoms. The molecule has 0 saturated carbocycles. The smallest absolute Gasteiger partial charge is 0.0916 e. The zero-order valence-electron chi connectivity index (χ0n) is 8.26. The molecule has 0 aliphatic carbocycles. The molecule has 3 heterocycles. The summed E-state index contributed by atoms with van der Waals surface area (Å²) in [5.74, 6) is 0. The van der Waals surface area contributed by atoms with Gasteiger partial charge in [-0.1, -0.05) is 13.3 Å². The van der Waals surface area contributed by atoms with Crippen molar-refractivity contribution < 1.29 is 4.48 Å².